The van der Waals surface area contributed by atoms with Gasteiger partial charge in [0.15, 0.2) is 6.10 Å². The fourth-order valence-electron chi connectivity index (χ4n) is 1.91. The molecule has 5 heteroatoms. The van der Waals surface area contributed by atoms with Crippen LogP contribution in [-0.2, 0) is 14.3 Å². The zero-order valence-corrected chi connectivity index (χ0v) is 8.83. The zero-order valence-electron chi connectivity index (χ0n) is 8.83. The molecule has 0 bridgehead atoms. The molecule has 15 heavy (non-hydrogen) atoms. The molecule has 0 aliphatic carbocycles. The van der Waals surface area contributed by atoms with Crippen molar-refractivity contribution in [3.63, 3.8) is 0 Å². The Morgan fingerprint density at radius 1 is 1.40 bits per heavy atom. The molecule has 0 aromatic carbocycles. The summed E-state index contributed by atoms with van der Waals surface area (Å²) in [5.41, 5.74) is 0. The van der Waals surface area contributed by atoms with Crippen LogP contribution in [0.4, 0.5) is 0 Å². The van der Waals surface area contributed by atoms with E-state index in [-0.39, 0.29) is 11.9 Å². The van der Waals surface area contributed by atoms with Gasteiger partial charge in [0, 0.05) is 12.6 Å². The minimum absolute atomic E-state index is 0.0385. The van der Waals surface area contributed by atoms with Crippen LogP contribution < -0.4 is 10.6 Å². The smallest absolute Gasteiger partial charge is 0.251 e. The standard InChI is InChI=1S/C10H18N2O3/c13-10(9-7-14-4-5-15-9)12-8-2-1-3-11-6-8/h8-9,11H,1-7H2,(H,12,13)/t8-,9?/m0/s1. The van der Waals surface area contributed by atoms with Gasteiger partial charge in [-0.3, -0.25) is 4.79 Å². The van der Waals surface area contributed by atoms with Gasteiger partial charge in [0.2, 0.25) is 0 Å². The number of rotatable bonds is 2. The van der Waals surface area contributed by atoms with E-state index < -0.39 is 6.10 Å². The Labute approximate surface area is 89.5 Å². The lowest BCUT2D eigenvalue weighted by molar-refractivity contribution is -0.148. The predicted octanol–water partition coefficient (Wildman–Crippen LogP) is -0.730. The Bertz CT molecular complexity index is 211. The molecular formula is C10H18N2O3. The third kappa shape index (κ3) is 3.15. The van der Waals surface area contributed by atoms with Crippen LogP contribution in [0.25, 0.3) is 0 Å². The normalized spacial score (nSPS) is 32.3. The van der Waals surface area contributed by atoms with Crippen LogP contribution in [-0.4, -0.2) is 51.0 Å². The molecule has 0 aromatic heterocycles. The van der Waals surface area contributed by atoms with E-state index in [1.165, 1.54) is 0 Å². The average molecular weight is 214 g/mol. The Morgan fingerprint density at radius 3 is 3.00 bits per heavy atom. The fourth-order valence-corrected chi connectivity index (χ4v) is 1.91. The molecule has 2 atom stereocenters. The summed E-state index contributed by atoms with van der Waals surface area (Å²) >= 11 is 0. The highest BCUT2D eigenvalue weighted by molar-refractivity contribution is 5.81. The highest BCUT2D eigenvalue weighted by Crippen LogP contribution is 2.04. The molecule has 0 spiro atoms. The lowest BCUT2D eigenvalue weighted by Gasteiger charge is -2.27. The highest BCUT2D eigenvalue weighted by atomic mass is 16.6. The maximum absolute atomic E-state index is 11.7. The fraction of sp³-hybridized carbons (Fsp3) is 0.900. The number of hydrogen-bond acceptors (Lipinski definition) is 4. The van der Waals surface area contributed by atoms with Crippen molar-refractivity contribution in [3.8, 4) is 0 Å². The molecule has 2 saturated heterocycles. The van der Waals surface area contributed by atoms with E-state index in [1.807, 2.05) is 0 Å². The minimum atomic E-state index is -0.416. The topological polar surface area (TPSA) is 59.6 Å². The monoisotopic (exact) mass is 214 g/mol. The van der Waals surface area contributed by atoms with Crippen LogP contribution in [0.5, 0.6) is 0 Å². The highest BCUT2D eigenvalue weighted by Gasteiger charge is 2.25. The Kier molecular flexibility index (Phi) is 3.94. The van der Waals surface area contributed by atoms with Gasteiger partial charge < -0.3 is 20.1 Å². The first-order valence-electron chi connectivity index (χ1n) is 5.57. The van der Waals surface area contributed by atoms with Gasteiger partial charge in [0.1, 0.15) is 0 Å². The number of carbonyl (C=O) groups excluding carboxylic acids is 1. The first kappa shape index (κ1) is 10.9. The van der Waals surface area contributed by atoms with E-state index in [2.05, 4.69) is 10.6 Å². The summed E-state index contributed by atoms with van der Waals surface area (Å²) in [4.78, 5) is 11.7. The Balaban J connectivity index is 1.74. The number of hydrogen-bond donors (Lipinski definition) is 2. The van der Waals surface area contributed by atoms with Gasteiger partial charge in [-0.15, -0.1) is 0 Å². The van der Waals surface area contributed by atoms with E-state index >= 15 is 0 Å². The number of carbonyl (C=O) groups is 1. The second-order valence-electron chi connectivity index (χ2n) is 3.99. The van der Waals surface area contributed by atoms with Crippen LogP contribution in [0.1, 0.15) is 12.8 Å². The van der Waals surface area contributed by atoms with E-state index in [1.54, 1.807) is 0 Å². The van der Waals surface area contributed by atoms with Gasteiger partial charge in [-0.1, -0.05) is 0 Å². The van der Waals surface area contributed by atoms with E-state index in [4.69, 9.17) is 9.47 Å². The van der Waals surface area contributed by atoms with Crippen molar-refractivity contribution in [3.05, 3.63) is 0 Å². The third-order valence-electron chi connectivity index (χ3n) is 2.75. The van der Waals surface area contributed by atoms with Crippen molar-refractivity contribution >= 4 is 5.91 Å². The lowest BCUT2D eigenvalue weighted by atomic mass is 10.1. The van der Waals surface area contributed by atoms with Crippen LogP contribution in [0.2, 0.25) is 0 Å². The molecular weight excluding hydrogens is 196 g/mol. The van der Waals surface area contributed by atoms with Crippen LogP contribution in [0, 0.1) is 0 Å². The summed E-state index contributed by atoms with van der Waals surface area (Å²) in [6.45, 7) is 3.40. The van der Waals surface area contributed by atoms with Crippen LogP contribution >= 0.6 is 0 Å². The summed E-state index contributed by atoms with van der Waals surface area (Å²) in [6.07, 6.45) is 1.75. The van der Waals surface area contributed by atoms with Crippen molar-refractivity contribution in [2.75, 3.05) is 32.9 Å². The summed E-state index contributed by atoms with van der Waals surface area (Å²) in [7, 11) is 0. The first-order valence-corrected chi connectivity index (χ1v) is 5.57. The van der Waals surface area contributed by atoms with E-state index in [9.17, 15) is 4.79 Å². The average Bonchev–Trinajstić information content (AvgIpc) is 2.31. The Morgan fingerprint density at radius 2 is 2.33 bits per heavy atom. The quantitative estimate of drug-likeness (QED) is 0.636. The molecule has 2 fully saturated rings. The summed E-state index contributed by atoms with van der Waals surface area (Å²) in [5.74, 6) is -0.0385. The molecule has 86 valence electrons. The molecule has 0 radical (unpaired) electrons. The summed E-state index contributed by atoms with van der Waals surface area (Å²) in [5, 5.41) is 6.24. The van der Waals surface area contributed by atoms with Gasteiger partial charge in [-0.05, 0) is 19.4 Å². The lowest BCUT2D eigenvalue weighted by Crippen LogP contribution is -2.51. The Hall–Kier alpha value is -0.650. The van der Waals surface area contributed by atoms with Gasteiger partial charge in [-0.25, -0.2) is 0 Å². The third-order valence-corrected chi connectivity index (χ3v) is 2.75. The molecule has 2 aliphatic heterocycles. The van der Waals surface area contributed by atoms with Crippen molar-refractivity contribution in [2.24, 2.45) is 0 Å². The molecule has 2 heterocycles. The minimum Gasteiger partial charge on any atom is -0.376 e. The second-order valence-corrected chi connectivity index (χ2v) is 3.99. The van der Waals surface area contributed by atoms with Gasteiger partial charge in [-0.2, -0.15) is 0 Å². The first-order chi connectivity index (χ1) is 7.36. The number of nitrogens with one attached hydrogen (secondary N) is 2. The predicted molar refractivity (Wildman–Crippen MR) is 54.6 cm³/mol. The summed E-state index contributed by atoms with van der Waals surface area (Å²) in [6, 6.07) is 0.247. The molecule has 1 unspecified atom stereocenters. The zero-order chi connectivity index (χ0) is 10.5. The van der Waals surface area contributed by atoms with Crippen molar-refractivity contribution < 1.29 is 14.3 Å². The van der Waals surface area contributed by atoms with Crippen LogP contribution in [0.15, 0.2) is 0 Å². The second kappa shape index (κ2) is 5.44. The SMILES string of the molecule is O=C(N[C@H]1CCCNC1)C1COCCO1. The van der Waals surface area contributed by atoms with Crippen molar-refractivity contribution in [1.82, 2.24) is 10.6 Å². The number of amides is 1. The molecule has 1 amide bonds. The molecule has 0 saturated carbocycles. The van der Waals surface area contributed by atoms with Crippen LogP contribution in [0.3, 0.4) is 0 Å². The number of piperidine rings is 1. The molecule has 2 N–H and O–H groups in total. The molecule has 2 rings (SSSR count). The number of ether oxygens (including phenoxy) is 2. The van der Waals surface area contributed by atoms with E-state index in [0.717, 1.165) is 25.9 Å². The maximum atomic E-state index is 11.7. The summed E-state index contributed by atoms with van der Waals surface area (Å²) < 4.78 is 10.5. The van der Waals surface area contributed by atoms with Gasteiger partial charge >= 0.3 is 0 Å². The molecule has 2 aliphatic rings. The molecule has 5 nitrogen and oxygen atoms in total. The van der Waals surface area contributed by atoms with Gasteiger partial charge in [0.25, 0.3) is 5.91 Å². The van der Waals surface area contributed by atoms with Crippen molar-refractivity contribution in [1.29, 1.82) is 0 Å². The van der Waals surface area contributed by atoms with Crippen molar-refractivity contribution in [2.45, 2.75) is 25.0 Å². The largest absolute Gasteiger partial charge is 0.376 e. The maximum Gasteiger partial charge on any atom is 0.251 e. The van der Waals surface area contributed by atoms with E-state index in [0.29, 0.717) is 19.8 Å². The molecule has 0 aromatic rings. The van der Waals surface area contributed by atoms with Gasteiger partial charge in [0.05, 0.1) is 19.8 Å².